The van der Waals surface area contributed by atoms with Gasteiger partial charge in [-0.2, -0.15) is 0 Å². The lowest BCUT2D eigenvalue weighted by Gasteiger charge is -2.38. The molecule has 0 radical (unpaired) electrons. The third-order valence-electron chi connectivity index (χ3n) is 9.48. The normalized spacial score (nSPS) is 13.5. The minimum absolute atomic E-state index is 0.0389. The van der Waals surface area contributed by atoms with Gasteiger partial charge in [0.05, 0.1) is 31.1 Å². The zero-order chi connectivity index (χ0) is 39.3. The Morgan fingerprint density at radius 1 is 0.786 bits per heavy atom. The molecule has 4 atom stereocenters. The van der Waals surface area contributed by atoms with Crippen LogP contribution in [0.4, 0.5) is 0 Å². The number of allylic oxidation sites excluding steroid dienone is 2. The number of aromatic nitrogens is 2. The van der Waals surface area contributed by atoms with Gasteiger partial charge in [0.15, 0.2) is 22.9 Å². The Morgan fingerprint density at radius 3 is 1.93 bits per heavy atom. The van der Waals surface area contributed by atoms with Crippen LogP contribution in [0, 0.1) is 11.8 Å². The maximum Gasteiger partial charge on any atom is 0.310 e. The molecule has 6 aromatic rings. The highest BCUT2D eigenvalue weighted by Crippen LogP contribution is 2.32. The Labute approximate surface area is 326 Å². The lowest BCUT2D eigenvalue weighted by atomic mass is 9.94. The molecule has 0 aliphatic carbocycles. The highest BCUT2D eigenvalue weighted by atomic mass is 16.5. The number of rotatable bonds is 21. The van der Waals surface area contributed by atoms with Gasteiger partial charge in [-0.05, 0) is 60.4 Å². The Morgan fingerprint density at radius 2 is 1.36 bits per heavy atom. The lowest BCUT2D eigenvalue weighted by molar-refractivity contribution is -0.164. The predicted molar refractivity (Wildman–Crippen MR) is 213 cm³/mol. The summed E-state index contributed by atoms with van der Waals surface area (Å²) in [5.74, 6) is -0.579. The van der Waals surface area contributed by atoms with Gasteiger partial charge in [0.2, 0.25) is 5.91 Å². The second-order valence-electron chi connectivity index (χ2n) is 13.5. The van der Waals surface area contributed by atoms with Crippen LogP contribution < -0.4 is 4.74 Å². The average Bonchev–Trinajstić information content (AvgIpc) is 3.84. The fraction of sp³-hybridized carbons (Fsp3) is 0.289. The molecule has 11 heteroatoms. The number of hydrogen-bond acceptors (Lipinski definition) is 10. The number of carbonyl (C=O) groups is 2. The van der Waals surface area contributed by atoms with Gasteiger partial charge in [-0.3, -0.25) is 9.59 Å². The van der Waals surface area contributed by atoms with Crippen molar-refractivity contribution in [1.29, 1.82) is 0 Å². The predicted octanol–water partition coefficient (Wildman–Crippen LogP) is 7.84. The van der Waals surface area contributed by atoms with Crippen molar-refractivity contribution in [2.75, 3.05) is 26.9 Å². The maximum absolute atomic E-state index is 15.1. The van der Waals surface area contributed by atoms with Crippen molar-refractivity contribution >= 4 is 34.1 Å². The molecule has 0 saturated heterocycles. The van der Waals surface area contributed by atoms with E-state index in [0.717, 1.165) is 5.56 Å². The zero-order valence-electron chi connectivity index (χ0n) is 31.5. The number of amides is 1. The van der Waals surface area contributed by atoms with Crippen molar-refractivity contribution in [3.8, 4) is 5.75 Å². The van der Waals surface area contributed by atoms with Gasteiger partial charge in [0.1, 0.15) is 29.5 Å². The molecule has 0 unspecified atom stereocenters. The molecular weight excluding hydrogens is 711 g/mol. The summed E-state index contributed by atoms with van der Waals surface area (Å²) in [7, 11) is 1.56. The van der Waals surface area contributed by atoms with Crippen molar-refractivity contribution in [3.05, 3.63) is 151 Å². The fourth-order valence-corrected chi connectivity index (χ4v) is 6.76. The number of ether oxygens (including phenoxy) is 3. The van der Waals surface area contributed by atoms with E-state index in [9.17, 15) is 9.90 Å². The summed E-state index contributed by atoms with van der Waals surface area (Å²) in [6.45, 7) is 8.09. The van der Waals surface area contributed by atoms with Gasteiger partial charge in [0.25, 0.3) is 0 Å². The number of aliphatic hydroxyl groups is 1. The maximum atomic E-state index is 15.1. The molecule has 290 valence electrons. The van der Waals surface area contributed by atoms with E-state index < -0.39 is 30.0 Å². The third kappa shape index (κ3) is 9.98. The highest BCUT2D eigenvalue weighted by Gasteiger charge is 2.39. The molecule has 4 aromatic carbocycles. The van der Waals surface area contributed by atoms with E-state index in [1.165, 1.54) is 0 Å². The van der Waals surface area contributed by atoms with Crippen molar-refractivity contribution in [3.63, 3.8) is 0 Å². The molecule has 1 amide bonds. The fourth-order valence-electron chi connectivity index (χ4n) is 6.76. The largest absolute Gasteiger partial charge is 0.491 e. The second-order valence-corrected chi connectivity index (χ2v) is 13.5. The summed E-state index contributed by atoms with van der Waals surface area (Å²) in [4.78, 5) is 40.4. The van der Waals surface area contributed by atoms with Crippen molar-refractivity contribution in [2.24, 2.45) is 11.8 Å². The molecule has 0 fully saturated rings. The van der Waals surface area contributed by atoms with E-state index in [2.05, 4.69) is 23.1 Å². The van der Waals surface area contributed by atoms with Gasteiger partial charge >= 0.3 is 5.97 Å². The first-order valence-corrected chi connectivity index (χ1v) is 18.7. The van der Waals surface area contributed by atoms with Crippen molar-refractivity contribution in [1.82, 2.24) is 14.9 Å². The summed E-state index contributed by atoms with van der Waals surface area (Å²) in [6, 6.07) is 30.8. The Balaban J connectivity index is 1.37. The Hall–Kier alpha value is -6.04. The number of hydrogen-bond donors (Lipinski definition) is 1. The topological polar surface area (TPSA) is 137 Å². The first kappa shape index (κ1) is 39.6. The van der Waals surface area contributed by atoms with Gasteiger partial charge in [0, 0.05) is 26.5 Å². The first-order chi connectivity index (χ1) is 27.4. The van der Waals surface area contributed by atoms with Crippen LogP contribution in [0.25, 0.3) is 22.2 Å². The van der Waals surface area contributed by atoms with Crippen LogP contribution in [0.1, 0.15) is 41.9 Å². The van der Waals surface area contributed by atoms with Crippen LogP contribution in [0.3, 0.4) is 0 Å². The molecule has 0 saturated carbocycles. The molecule has 0 bridgehead atoms. The number of oxazole rings is 2. The number of benzene rings is 4. The van der Waals surface area contributed by atoms with Crippen LogP contribution in [0.15, 0.2) is 137 Å². The SMILES string of the molecule is C=CC[C@H](Cc1nc2ccccc2o1)C(=O)O[C@@H](c1ccccc1)[C@H](COC)N(Cc1ccc(OCCO)cc1)C(=O)[C@H](CC=C)Cc1nc2ccccc2o1. The summed E-state index contributed by atoms with van der Waals surface area (Å²) < 4.78 is 30.0. The van der Waals surface area contributed by atoms with E-state index in [1.807, 2.05) is 91.0 Å². The zero-order valence-corrected chi connectivity index (χ0v) is 31.5. The van der Waals surface area contributed by atoms with Crippen LogP contribution in [-0.4, -0.2) is 64.8 Å². The van der Waals surface area contributed by atoms with Crippen molar-refractivity contribution in [2.45, 2.75) is 44.4 Å². The van der Waals surface area contributed by atoms with E-state index in [-0.39, 0.29) is 45.1 Å². The molecule has 0 aliphatic heterocycles. The first-order valence-electron chi connectivity index (χ1n) is 18.7. The molecule has 2 heterocycles. The van der Waals surface area contributed by atoms with Gasteiger partial charge < -0.3 is 33.1 Å². The number of nitrogens with zero attached hydrogens (tertiary/aromatic N) is 3. The Kier molecular flexibility index (Phi) is 13.8. The van der Waals surface area contributed by atoms with Gasteiger partial charge in [-0.1, -0.05) is 78.9 Å². The van der Waals surface area contributed by atoms with E-state index in [0.29, 0.717) is 58.1 Å². The average molecular weight is 758 g/mol. The molecule has 2 aromatic heterocycles. The number of esters is 1. The van der Waals surface area contributed by atoms with Crippen LogP contribution in [0.2, 0.25) is 0 Å². The molecule has 1 N–H and O–H groups in total. The van der Waals surface area contributed by atoms with Crippen LogP contribution in [-0.2, 0) is 38.4 Å². The summed E-state index contributed by atoms with van der Waals surface area (Å²) in [5, 5.41) is 9.25. The monoisotopic (exact) mass is 757 g/mol. The van der Waals surface area contributed by atoms with Crippen LogP contribution in [0.5, 0.6) is 5.75 Å². The number of methoxy groups -OCH3 is 1. The molecule has 0 aliphatic rings. The van der Waals surface area contributed by atoms with E-state index in [1.54, 1.807) is 36.3 Å². The Bertz CT molecular complexity index is 2130. The van der Waals surface area contributed by atoms with Crippen molar-refractivity contribution < 1.29 is 37.7 Å². The molecule has 0 spiro atoms. The second kappa shape index (κ2) is 19.5. The smallest absolute Gasteiger partial charge is 0.310 e. The van der Waals surface area contributed by atoms with Crippen LogP contribution >= 0.6 is 0 Å². The molecule has 6 rings (SSSR count). The number of fused-ring (bicyclic) bond motifs is 2. The molecule has 56 heavy (non-hydrogen) atoms. The number of carbonyl (C=O) groups excluding carboxylic acids is 2. The number of aliphatic hydroxyl groups excluding tert-OH is 1. The van der Waals surface area contributed by atoms with E-state index in [4.69, 9.17) is 23.0 Å². The van der Waals surface area contributed by atoms with Gasteiger partial charge in [-0.25, -0.2) is 9.97 Å². The summed E-state index contributed by atoms with van der Waals surface area (Å²) >= 11 is 0. The number of para-hydroxylation sites is 4. The minimum Gasteiger partial charge on any atom is -0.491 e. The minimum atomic E-state index is -0.940. The third-order valence-corrected chi connectivity index (χ3v) is 9.48. The van der Waals surface area contributed by atoms with E-state index >= 15 is 4.79 Å². The lowest BCUT2D eigenvalue weighted by Crippen LogP contribution is -2.49. The molecule has 11 nitrogen and oxygen atoms in total. The highest BCUT2D eigenvalue weighted by molar-refractivity contribution is 5.80. The summed E-state index contributed by atoms with van der Waals surface area (Å²) in [6.07, 6.45) is 3.50. The molecular formula is C45H47N3O8. The standard InChI is InChI=1S/C45H47N3O8/c1-4-13-33(27-41-46-36-17-9-11-19-39(36)54-41)44(50)48(29-31-21-23-35(24-22-31)53-26-25-49)38(30-52-3)43(32-15-7-6-8-16-32)56-45(51)34(14-5-2)28-42-47-37-18-10-12-20-40(37)55-42/h4-12,15-24,33-34,38,43,49H,1-2,13-14,25-30H2,3H3/t33-,34-,38+,43+/m1/s1. The van der Waals surface area contributed by atoms with Gasteiger partial charge in [-0.15, -0.1) is 13.2 Å². The summed E-state index contributed by atoms with van der Waals surface area (Å²) in [5.41, 5.74) is 4.15. The quantitative estimate of drug-likeness (QED) is 0.0571.